The molecular weight excluding hydrogens is 240 g/mol. The summed E-state index contributed by atoms with van der Waals surface area (Å²) in [6, 6.07) is 7.69. The van der Waals surface area contributed by atoms with Crippen LogP contribution < -0.4 is 5.73 Å². The zero-order chi connectivity index (χ0) is 13.7. The first-order valence-electron chi connectivity index (χ1n) is 6.97. The molecule has 1 heterocycles. The third-order valence-corrected chi connectivity index (χ3v) is 3.76. The van der Waals surface area contributed by atoms with Gasteiger partial charge in [0.25, 0.3) is 5.91 Å². The summed E-state index contributed by atoms with van der Waals surface area (Å²) in [5.41, 5.74) is 7.29. The van der Waals surface area contributed by atoms with Gasteiger partial charge in [-0.2, -0.15) is 0 Å². The monoisotopic (exact) mass is 262 g/mol. The summed E-state index contributed by atoms with van der Waals surface area (Å²) in [7, 11) is 0. The van der Waals surface area contributed by atoms with Crippen LogP contribution >= 0.6 is 0 Å². The molecule has 1 aliphatic rings. The van der Waals surface area contributed by atoms with E-state index in [1.54, 1.807) is 0 Å². The minimum Gasteiger partial charge on any atom is -0.396 e. The molecule has 1 aromatic rings. The molecule has 104 valence electrons. The molecule has 0 saturated carbocycles. The van der Waals surface area contributed by atoms with Gasteiger partial charge in [0, 0.05) is 31.3 Å². The van der Waals surface area contributed by atoms with Gasteiger partial charge in [-0.25, -0.2) is 0 Å². The van der Waals surface area contributed by atoms with E-state index < -0.39 is 0 Å². The van der Waals surface area contributed by atoms with Crippen LogP contribution in [-0.4, -0.2) is 35.1 Å². The predicted octanol–water partition coefficient (Wildman–Crippen LogP) is 1.52. The van der Waals surface area contributed by atoms with Gasteiger partial charge in [0.2, 0.25) is 0 Å². The molecular formula is C15H22N2O2. The topological polar surface area (TPSA) is 66.6 Å². The van der Waals surface area contributed by atoms with Gasteiger partial charge in [-0.05, 0) is 43.4 Å². The van der Waals surface area contributed by atoms with Crippen molar-refractivity contribution in [1.29, 1.82) is 0 Å². The van der Waals surface area contributed by atoms with Gasteiger partial charge in [0.05, 0.1) is 0 Å². The molecule has 0 spiro atoms. The molecule has 4 heteroatoms. The van der Waals surface area contributed by atoms with Crippen LogP contribution in [0.25, 0.3) is 0 Å². The summed E-state index contributed by atoms with van der Waals surface area (Å²) in [6.07, 6.45) is 3.84. The molecule has 1 amide bonds. The van der Waals surface area contributed by atoms with Gasteiger partial charge in [0.15, 0.2) is 0 Å². The fourth-order valence-electron chi connectivity index (χ4n) is 2.71. The van der Waals surface area contributed by atoms with Gasteiger partial charge in [-0.1, -0.05) is 12.1 Å². The number of amides is 1. The lowest BCUT2D eigenvalue weighted by molar-refractivity contribution is 0.0574. The quantitative estimate of drug-likeness (QED) is 0.864. The Labute approximate surface area is 114 Å². The van der Waals surface area contributed by atoms with Gasteiger partial charge in [-0.15, -0.1) is 0 Å². The van der Waals surface area contributed by atoms with E-state index in [4.69, 9.17) is 10.8 Å². The van der Waals surface area contributed by atoms with Crippen LogP contribution in [0.2, 0.25) is 0 Å². The number of hydrogen-bond donors (Lipinski definition) is 2. The van der Waals surface area contributed by atoms with Crippen LogP contribution in [0.1, 0.15) is 41.6 Å². The van der Waals surface area contributed by atoms with E-state index >= 15 is 0 Å². The number of carbonyl (C=O) groups is 1. The fourth-order valence-corrected chi connectivity index (χ4v) is 2.71. The van der Waals surface area contributed by atoms with Crippen molar-refractivity contribution in [1.82, 2.24) is 4.90 Å². The van der Waals surface area contributed by atoms with E-state index in [1.807, 2.05) is 29.2 Å². The van der Waals surface area contributed by atoms with Crippen molar-refractivity contribution in [2.24, 2.45) is 5.73 Å². The number of carbonyl (C=O) groups excluding carboxylic acids is 1. The second-order valence-electron chi connectivity index (χ2n) is 5.06. The van der Waals surface area contributed by atoms with Crippen LogP contribution in [-0.2, 0) is 6.54 Å². The molecule has 0 aromatic heterocycles. The van der Waals surface area contributed by atoms with Crippen molar-refractivity contribution in [2.45, 2.75) is 38.3 Å². The predicted molar refractivity (Wildman–Crippen MR) is 74.7 cm³/mol. The normalized spacial score (nSPS) is 19.5. The first-order valence-corrected chi connectivity index (χ1v) is 6.97. The summed E-state index contributed by atoms with van der Waals surface area (Å²) in [5.74, 6) is 0.0634. The van der Waals surface area contributed by atoms with Crippen LogP contribution in [0, 0.1) is 0 Å². The lowest BCUT2D eigenvalue weighted by atomic mass is 9.98. The highest BCUT2D eigenvalue weighted by molar-refractivity contribution is 5.94. The fraction of sp³-hybridized carbons (Fsp3) is 0.533. The lowest BCUT2D eigenvalue weighted by Crippen LogP contribution is -2.44. The number of aliphatic hydroxyl groups excluding tert-OH is 1. The van der Waals surface area contributed by atoms with Crippen molar-refractivity contribution < 1.29 is 9.90 Å². The standard InChI is InChI=1S/C15H22N2O2/c16-11-12-4-3-5-13(10-12)15(19)17-8-2-1-6-14(17)7-9-18/h3-5,10,14,18H,1-2,6-9,11,16H2. The molecule has 1 fully saturated rings. The van der Waals surface area contributed by atoms with Gasteiger partial charge < -0.3 is 15.7 Å². The Morgan fingerprint density at radius 3 is 3.00 bits per heavy atom. The first-order chi connectivity index (χ1) is 9.26. The van der Waals surface area contributed by atoms with Crippen molar-refractivity contribution >= 4 is 5.91 Å². The van der Waals surface area contributed by atoms with Crippen molar-refractivity contribution in [3.8, 4) is 0 Å². The Hall–Kier alpha value is -1.39. The minimum absolute atomic E-state index is 0.0634. The highest BCUT2D eigenvalue weighted by atomic mass is 16.3. The van der Waals surface area contributed by atoms with Gasteiger partial charge in [-0.3, -0.25) is 4.79 Å². The molecule has 0 radical (unpaired) electrons. The second-order valence-corrected chi connectivity index (χ2v) is 5.06. The van der Waals surface area contributed by atoms with E-state index in [2.05, 4.69) is 0 Å². The van der Waals surface area contributed by atoms with Crippen molar-refractivity contribution in [3.05, 3.63) is 35.4 Å². The average molecular weight is 262 g/mol. The number of nitrogens with zero attached hydrogens (tertiary/aromatic N) is 1. The van der Waals surface area contributed by atoms with E-state index in [0.29, 0.717) is 18.5 Å². The first kappa shape index (κ1) is 14.0. The van der Waals surface area contributed by atoms with Crippen molar-refractivity contribution in [3.63, 3.8) is 0 Å². The molecule has 4 nitrogen and oxygen atoms in total. The van der Waals surface area contributed by atoms with Crippen LogP contribution in [0.4, 0.5) is 0 Å². The molecule has 1 aromatic carbocycles. The van der Waals surface area contributed by atoms with E-state index in [9.17, 15) is 4.79 Å². The maximum absolute atomic E-state index is 12.6. The Bertz CT molecular complexity index is 432. The number of nitrogens with two attached hydrogens (primary N) is 1. The molecule has 0 bridgehead atoms. The number of likely N-dealkylation sites (tertiary alicyclic amines) is 1. The van der Waals surface area contributed by atoms with E-state index in [0.717, 1.165) is 31.4 Å². The average Bonchev–Trinajstić information content (AvgIpc) is 2.47. The van der Waals surface area contributed by atoms with Crippen LogP contribution in [0.15, 0.2) is 24.3 Å². The molecule has 0 aliphatic carbocycles. The number of rotatable bonds is 4. The molecule has 1 saturated heterocycles. The summed E-state index contributed by atoms with van der Waals surface area (Å²) >= 11 is 0. The Balaban J connectivity index is 2.16. The highest BCUT2D eigenvalue weighted by Crippen LogP contribution is 2.22. The van der Waals surface area contributed by atoms with E-state index in [-0.39, 0.29) is 18.6 Å². The second kappa shape index (κ2) is 6.68. The number of benzene rings is 1. The molecule has 1 aliphatic heterocycles. The molecule has 3 N–H and O–H groups in total. The number of hydrogen-bond acceptors (Lipinski definition) is 3. The maximum Gasteiger partial charge on any atom is 0.254 e. The smallest absolute Gasteiger partial charge is 0.254 e. The van der Waals surface area contributed by atoms with Crippen LogP contribution in [0.5, 0.6) is 0 Å². The molecule has 1 unspecified atom stereocenters. The third kappa shape index (κ3) is 3.33. The largest absolute Gasteiger partial charge is 0.396 e. The van der Waals surface area contributed by atoms with Crippen molar-refractivity contribution in [2.75, 3.05) is 13.2 Å². The molecule has 1 atom stereocenters. The zero-order valence-electron chi connectivity index (χ0n) is 11.2. The molecule has 2 rings (SSSR count). The Morgan fingerprint density at radius 1 is 1.42 bits per heavy atom. The van der Waals surface area contributed by atoms with Crippen LogP contribution in [0.3, 0.4) is 0 Å². The summed E-state index contributed by atoms with van der Waals surface area (Å²) < 4.78 is 0. The highest BCUT2D eigenvalue weighted by Gasteiger charge is 2.26. The summed E-state index contributed by atoms with van der Waals surface area (Å²) in [6.45, 7) is 1.37. The Kier molecular flexibility index (Phi) is 4.93. The Morgan fingerprint density at radius 2 is 2.26 bits per heavy atom. The maximum atomic E-state index is 12.6. The summed E-state index contributed by atoms with van der Waals surface area (Å²) in [4.78, 5) is 14.5. The molecule has 19 heavy (non-hydrogen) atoms. The van der Waals surface area contributed by atoms with Gasteiger partial charge >= 0.3 is 0 Å². The number of aliphatic hydroxyl groups is 1. The van der Waals surface area contributed by atoms with Gasteiger partial charge in [0.1, 0.15) is 0 Å². The zero-order valence-corrected chi connectivity index (χ0v) is 11.2. The lowest BCUT2D eigenvalue weighted by Gasteiger charge is -2.35. The minimum atomic E-state index is 0.0634. The third-order valence-electron chi connectivity index (χ3n) is 3.76. The summed E-state index contributed by atoms with van der Waals surface area (Å²) in [5, 5.41) is 9.12. The SMILES string of the molecule is NCc1cccc(C(=O)N2CCCCC2CCO)c1. The number of piperidine rings is 1. The van der Waals surface area contributed by atoms with E-state index in [1.165, 1.54) is 0 Å².